The smallest absolute Gasteiger partial charge is 0.280 e. The fourth-order valence-electron chi connectivity index (χ4n) is 2.97. The minimum atomic E-state index is -0.234. The Balaban J connectivity index is 1.76. The van der Waals surface area contributed by atoms with Crippen molar-refractivity contribution in [3.8, 4) is 5.75 Å². The van der Waals surface area contributed by atoms with Crippen molar-refractivity contribution in [2.24, 2.45) is 5.10 Å². The molecule has 1 aromatic heterocycles. The van der Waals surface area contributed by atoms with Gasteiger partial charge in [-0.3, -0.25) is 4.79 Å². The van der Waals surface area contributed by atoms with Crippen molar-refractivity contribution in [1.82, 2.24) is 4.98 Å². The first-order chi connectivity index (χ1) is 14.9. The molecule has 31 heavy (non-hydrogen) atoms. The van der Waals surface area contributed by atoms with Crippen molar-refractivity contribution in [2.75, 3.05) is 12.1 Å². The standard InChI is InChI=1S/C24H20BrN3O2S/c1-15-4-7-18(12-16(15)2)23(29)28(26-14-17-5-8-19(25)9-6-17)24-27-21-11-10-20(30-3)13-22(21)31-24/h4-14H,1-3H3/b26-14+. The molecule has 156 valence electrons. The van der Waals surface area contributed by atoms with Crippen LogP contribution in [0.4, 0.5) is 5.13 Å². The van der Waals surface area contributed by atoms with Gasteiger partial charge in [0.2, 0.25) is 5.13 Å². The molecule has 0 fully saturated rings. The van der Waals surface area contributed by atoms with Gasteiger partial charge >= 0.3 is 0 Å². The fourth-order valence-corrected chi connectivity index (χ4v) is 4.18. The van der Waals surface area contributed by atoms with E-state index in [1.807, 2.05) is 74.5 Å². The van der Waals surface area contributed by atoms with Crippen LogP contribution in [0.25, 0.3) is 10.2 Å². The lowest BCUT2D eigenvalue weighted by molar-refractivity contribution is 0.0987. The van der Waals surface area contributed by atoms with Crippen molar-refractivity contribution in [3.63, 3.8) is 0 Å². The van der Waals surface area contributed by atoms with Crippen LogP contribution in [-0.2, 0) is 0 Å². The van der Waals surface area contributed by atoms with Gasteiger partial charge in [0.05, 0.1) is 23.5 Å². The minimum Gasteiger partial charge on any atom is -0.497 e. The lowest BCUT2D eigenvalue weighted by atomic mass is 10.1. The summed E-state index contributed by atoms with van der Waals surface area (Å²) < 4.78 is 7.21. The number of halogens is 1. The summed E-state index contributed by atoms with van der Waals surface area (Å²) >= 11 is 4.83. The fraction of sp³-hybridized carbons (Fsp3) is 0.125. The number of carbonyl (C=O) groups excluding carboxylic acids is 1. The van der Waals surface area contributed by atoms with E-state index in [0.717, 1.165) is 37.1 Å². The van der Waals surface area contributed by atoms with E-state index in [0.29, 0.717) is 10.7 Å². The van der Waals surface area contributed by atoms with Gasteiger partial charge in [0.1, 0.15) is 5.75 Å². The van der Waals surface area contributed by atoms with Gasteiger partial charge in [-0.2, -0.15) is 10.1 Å². The third-order valence-electron chi connectivity index (χ3n) is 4.90. The maximum absolute atomic E-state index is 13.4. The number of hydrazone groups is 1. The van der Waals surface area contributed by atoms with E-state index in [2.05, 4.69) is 26.0 Å². The van der Waals surface area contributed by atoms with Gasteiger partial charge in [0, 0.05) is 10.0 Å². The van der Waals surface area contributed by atoms with Crippen molar-refractivity contribution in [3.05, 3.63) is 87.4 Å². The Bertz CT molecular complexity index is 1280. The van der Waals surface area contributed by atoms with Gasteiger partial charge in [0.25, 0.3) is 5.91 Å². The zero-order valence-electron chi connectivity index (χ0n) is 17.3. The van der Waals surface area contributed by atoms with E-state index in [9.17, 15) is 4.79 Å². The van der Waals surface area contributed by atoms with E-state index in [-0.39, 0.29) is 5.91 Å². The lowest BCUT2D eigenvalue weighted by Gasteiger charge is -2.14. The lowest BCUT2D eigenvalue weighted by Crippen LogP contribution is -2.25. The second-order valence-corrected chi connectivity index (χ2v) is 8.97. The quantitative estimate of drug-likeness (QED) is 0.240. The number of rotatable bonds is 5. The number of hydrogen-bond donors (Lipinski definition) is 0. The van der Waals surface area contributed by atoms with Crippen LogP contribution in [0.3, 0.4) is 0 Å². The molecular weight excluding hydrogens is 474 g/mol. The van der Waals surface area contributed by atoms with Crippen LogP contribution in [0, 0.1) is 13.8 Å². The molecule has 1 amide bonds. The van der Waals surface area contributed by atoms with Gasteiger partial charge in [0.15, 0.2) is 0 Å². The second-order valence-electron chi connectivity index (χ2n) is 7.04. The molecule has 0 bridgehead atoms. The molecule has 5 nitrogen and oxygen atoms in total. The number of methoxy groups -OCH3 is 1. The zero-order valence-corrected chi connectivity index (χ0v) is 19.7. The van der Waals surface area contributed by atoms with E-state index >= 15 is 0 Å². The third-order valence-corrected chi connectivity index (χ3v) is 6.43. The molecule has 3 aromatic carbocycles. The Labute approximate surface area is 193 Å². The van der Waals surface area contributed by atoms with Crippen LogP contribution in [0.2, 0.25) is 0 Å². The molecule has 0 radical (unpaired) electrons. The van der Waals surface area contributed by atoms with E-state index in [4.69, 9.17) is 4.74 Å². The number of aromatic nitrogens is 1. The highest BCUT2D eigenvalue weighted by Gasteiger charge is 2.21. The first-order valence-electron chi connectivity index (χ1n) is 9.60. The summed E-state index contributed by atoms with van der Waals surface area (Å²) in [7, 11) is 1.63. The summed E-state index contributed by atoms with van der Waals surface area (Å²) in [5.74, 6) is 0.510. The van der Waals surface area contributed by atoms with Crippen LogP contribution in [0.1, 0.15) is 27.0 Å². The maximum Gasteiger partial charge on any atom is 0.280 e. The molecule has 0 aliphatic carbocycles. The topological polar surface area (TPSA) is 54.8 Å². The highest BCUT2D eigenvalue weighted by Crippen LogP contribution is 2.32. The predicted octanol–water partition coefficient (Wildman–Crippen LogP) is 6.37. The number of carbonyl (C=O) groups is 1. The summed E-state index contributed by atoms with van der Waals surface area (Å²) in [5, 5.41) is 6.38. The Hall–Kier alpha value is -3.03. The maximum atomic E-state index is 13.4. The molecular formula is C24H20BrN3O2S. The zero-order chi connectivity index (χ0) is 22.0. The number of benzene rings is 3. The second kappa shape index (κ2) is 8.99. The number of anilines is 1. The molecule has 0 N–H and O–H groups in total. The van der Waals surface area contributed by atoms with Gasteiger partial charge in [-0.15, -0.1) is 0 Å². The van der Waals surface area contributed by atoms with Crippen LogP contribution in [0.5, 0.6) is 5.75 Å². The van der Waals surface area contributed by atoms with Gasteiger partial charge in [-0.25, -0.2) is 4.98 Å². The SMILES string of the molecule is COc1ccc2nc(N(/N=C/c3ccc(Br)cc3)C(=O)c3ccc(C)c(C)c3)sc2c1. The minimum absolute atomic E-state index is 0.234. The number of hydrogen-bond acceptors (Lipinski definition) is 5. The van der Waals surface area contributed by atoms with Crippen LogP contribution in [-0.4, -0.2) is 24.2 Å². The molecule has 0 atom stereocenters. The van der Waals surface area contributed by atoms with Crippen LogP contribution < -0.4 is 9.75 Å². The van der Waals surface area contributed by atoms with Gasteiger partial charge in [-0.05, 0) is 73.0 Å². The summed E-state index contributed by atoms with van der Waals surface area (Å²) in [6.07, 6.45) is 1.66. The van der Waals surface area contributed by atoms with Gasteiger partial charge in [-0.1, -0.05) is 45.5 Å². The molecule has 0 aliphatic rings. The Morgan fingerprint density at radius 1 is 1.06 bits per heavy atom. The highest BCUT2D eigenvalue weighted by atomic mass is 79.9. The molecule has 0 saturated carbocycles. The average Bonchev–Trinajstić information content (AvgIpc) is 3.19. The average molecular weight is 494 g/mol. The normalized spacial score (nSPS) is 11.2. The van der Waals surface area contributed by atoms with E-state index < -0.39 is 0 Å². The van der Waals surface area contributed by atoms with Crippen molar-refractivity contribution < 1.29 is 9.53 Å². The van der Waals surface area contributed by atoms with Gasteiger partial charge < -0.3 is 4.74 Å². The van der Waals surface area contributed by atoms with Crippen molar-refractivity contribution in [1.29, 1.82) is 0 Å². The first-order valence-corrected chi connectivity index (χ1v) is 11.2. The third kappa shape index (κ3) is 4.68. The molecule has 0 aliphatic heterocycles. The van der Waals surface area contributed by atoms with E-state index in [1.54, 1.807) is 13.3 Å². The number of amides is 1. The Morgan fingerprint density at radius 3 is 2.55 bits per heavy atom. The van der Waals surface area contributed by atoms with Crippen LogP contribution in [0.15, 0.2) is 70.2 Å². The Kier molecular flexibility index (Phi) is 6.15. The number of nitrogens with zero attached hydrogens (tertiary/aromatic N) is 3. The van der Waals surface area contributed by atoms with Crippen molar-refractivity contribution in [2.45, 2.75) is 13.8 Å². The molecule has 0 saturated heterocycles. The number of aryl methyl sites for hydroxylation is 2. The molecule has 4 aromatic rings. The summed E-state index contributed by atoms with van der Waals surface area (Å²) in [5.41, 5.74) is 4.42. The summed E-state index contributed by atoms with van der Waals surface area (Å²) in [6, 6.07) is 19.0. The monoisotopic (exact) mass is 493 g/mol. The molecule has 0 spiro atoms. The molecule has 1 heterocycles. The number of thiazole rings is 1. The van der Waals surface area contributed by atoms with Crippen molar-refractivity contribution >= 4 is 54.7 Å². The predicted molar refractivity (Wildman–Crippen MR) is 131 cm³/mol. The summed E-state index contributed by atoms with van der Waals surface area (Å²) in [4.78, 5) is 18.1. The largest absolute Gasteiger partial charge is 0.497 e. The molecule has 7 heteroatoms. The van der Waals surface area contributed by atoms with E-state index in [1.165, 1.54) is 16.3 Å². The number of ether oxygens (including phenoxy) is 1. The first kappa shape index (κ1) is 21.2. The van der Waals surface area contributed by atoms with Crippen LogP contribution >= 0.6 is 27.3 Å². The Morgan fingerprint density at radius 2 is 1.84 bits per heavy atom. The highest BCUT2D eigenvalue weighted by molar-refractivity contribution is 9.10. The molecule has 0 unspecified atom stereocenters. The number of fused-ring (bicyclic) bond motifs is 1. The molecule has 4 rings (SSSR count). The summed E-state index contributed by atoms with van der Waals surface area (Å²) in [6.45, 7) is 4.01.